The third kappa shape index (κ3) is 4.73. The van der Waals surface area contributed by atoms with Gasteiger partial charge in [0.05, 0.1) is 9.79 Å². The van der Waals surface area contributed by atoms with Gasteiger partial charge in [-0.1, -0.05) is 29.8 Å². The van der Waals surface area contributed by atoms with Crippen molar-refractivity contribution in [3.8, 4) is 11.1 Å². The fourth-order valence-corrected chi connectivity index (χ4v) is 5.34. The number of aromatic amines is 1. The molecule has 0 fully saturated rings. The molecule has 0 aliphatic carbocycles. The highest BCUT2D eigenvalue weighted by Gasteiger charge is 2.16. The van der Waals surface area contributed by atoms with Gasteiger partial charge in [-0.3, -0.25) is 0 Å². The fourth-order valence-electron chi connectivity index (χ4n) is 3.28. The van der Waals surface area contributed by atoms with Crippen molar-refractivity contribution in [1.82, 2.24) is 19.4 Å². The third-order valence-corrected chi connectivity index (χ3v) is 7.93. The Balaban J connectivity index is 1.39. The van der Waals surface area contributed by atoms with Crippen molar-refractivity contribution < 1.29 is 16.8 Å². The maximum atomic E-state index is 12.6. The number of H-pyrrole nitrogens is 1. The molecule has 0 atom stereocenters. The van der Waals surface area contributed by atoms with E-state index in [1.165, 1.54) is 24.3 Å². The molecule has 32 heavy (non-hydrogen) atoms. The fraction of sp³-hybridized carbons (Fsp3) is 0.136. The molecule has 0 unspecified atom stereocenters. The smallest absolute Gasteiger partial charge is 0.240 e. The quantitative estimate of drug-likeness (QED) is 0.342. The van der Waals surface area contributed by atoms with E-state index in [2.05, 4.69) is 19.4 Å². The van der Waals surface area contributed by atoms with E-state index in [0.717, 1.165) is 27.7 Å². The minimum atomic E-state index is -3.78. The maximum absolute atomic E-state index is 12.6. The van der Waals surface area contributed by atoms with E-state index in [9.17, 15) is 16.8 Å². The molecule has 10 heteroatoms. The number of hydrogen-bond acceptors (Lipinski definition) is 5. The van der Waals surface area contributed by atoms with Crippen molar-refractivity contribution in [3.63, 3.8) is 0 Å². The van der Waals surface area contributed by atoms with Crippen LogP contribution in [0.4, 0.5) is 0 Å². The monoisotopic (exact) mass is 470 g/mol. The van der Waals surface area contributed by atoms with Crippen LogP contribution in [-0.2, 0) is 20.0 Å². The number of hydrogen-bond donors (Lipinski definition) is 3. The molecule has 3 N–H and O–H groups in total. The SMILES string of the molecule is Cc1ccc(S(=O)(=O)NCCNS(=O)(=O)c2ccc(-c3ccnc4[nH]ccc34)cc2)cc1. The summed E-state index contributed by atoms with van der Waals surface area (Å²) >= 11 is 0. The minimum absolute atomic E-state index is 0.0734. The molecular weight excluding hydrogens is 448 g/mol. The molecule has 0 aliphatic rings. The Morgan fingerprint density at radius 3 is 1.94 bits per heavy atom. The number of pyridine rings is 1. The summed E-state index contributed by atoms with van der Waals surface area (Å²) in [6.07, 6.45) is 3.50. The van der Waals surface area contributed by atoms with Crippen molar-refractivity contribution in [2.75, 3.05) is 13.1 Å². The summed E-state index contributed by atoms with van der Waals surface area (Å²) in [5, 5.41) is 0.946. The predicted octanol–water partition coefficient (Wildman–Crippen LogP) is 2.80. The van der Waals surface area contributed by atoms with Crippen LogP contribution in [0.25, 0.3) is 22.2 Å². The van der Waals surface area contributed by atoms with Gasteiger partial charge in [-0.05, 0) is 54.4 Å². The Hall–Kier alpha value is -3.05. The van der Waals surface area contributed by atoms with Crippen LogP contribution in [0.3, 0.4) is 0 Å². The Bertz CT molecular complexity index is 1440. The average Bonchev–Trinajstić information content (AvgIpc) is 3.26. The van der Waals surface area contributed by atoms with Crippen LogP contribution < -0.4 is 9.44 Å². The Morgan fingerprint density at radius 2 is 1.34 bits per heavy atom. The number of nitrogens with one attached hydrogen (secondary N) is 3. The maximum Gasteiger partial charge on any atom is 0.240 e. The van der Waals surface area contributed by atoms with Gasteiger partial charge in [0.15, 0.2) is 0 Å². The van der Waals surface area contributed by atoms with Crippen molar-refractivity contribution in [2.24, 2.45) is 0 Å². The summed E-state index contributed by atoms with van der Waals surface area (Å²) in [4.78, 5) is 7.54. The number of fused-ring (bicyclic) bond motifs is 1. The van der Waals surface area contributed by atoms with Gasteiger partial charge in [-0.2, -0.15) is 0 Å². The van der Waals surface area contributed by atoms with Crippen LogP contribution in [0.15, 0.2) is 82.8 Å². The second-order valence-corrected chi connectivity index (χ2v) is 10.8. The van der Waals surface area contributed by atoms with E-state index in [0.29, 0.717) is 0 Å². The van der Waals surface area contributed by atoms with Crippen molar-refractivity contribution in [3.05, 3.63) is 78.6 Å². The number of nitrogens with zero attached hydrogens (tertiary/aromatic N) is 1. The first-order valence-corrected chi connectivity index (χ1v) is 12.8. The number of benzene rings is 2. The molecule has 0 amide bonds. The molecule has 0 spiro atoms. The lowest BCUT2D eigenvalue weighted by Gasteiger charge is -2.10. The molecule has 2 aromatic carbocycles. The van der Waals surface area contributed by atoms with E-state index >= 15 is 0 Å². The summed E-state index contributed by atoms with van der Waals surface area (Å²) in [7, 11) is -7.48. The zero-order valence-corrected chi connectivity index (χ0v) is 18.9. The first-order valence-electron chi connectivity index (χ1n) is 9.85. The summed E-state index contributed by atoms with van der Waals surface area (Å²) in [6, 6.07) is 16.7. The first kappa shape index (κ1) is 22.2. The largest absolute Gasteiger partial charge is 0.346 e. The van der Waals surface area contributed by atoms with E-state index in [1.54, 1.807) is 36.7 Å². The Labute approximate surface area is 186 Å². The van der Waals surface area contributed by atoms with Crippen LogP contribution in [0.5, 0.6) is 0 Å². The molecule has 0 radical (unpaired) electrons. The second kappa shape index (κ2) is 8.83. The highest BCUT2D eigenvalue weighted by molar-refractivity contribution is 7.89. The molecule has 4 rings (SSSR count). The van der Waals surface area contributed by atoms with Gasteiger partial charge in [0.1, 0.15) is 5.65 Å². The molecule has 0 bridgehead atoms. The van der Waals surface area contributed by atoms with Gasteiger partial charge >= 0.3 is 0 Å². The zero-order chi connectivity index (χ0) is 22.8. The van der Waals surface area contributed by atoms with E-state index < -0.39 is 20.0 Å². The zero-order valence-electron chi connectivity index (χ0n) is 17.2. The molecule has 4 aromatic rings. The summed E-state index contributed by atoms with van der Waals surface area (Å²) in [6.45, 7) is 1.71. The van der Waals surface area contributed by atoms with Gasteiger partial charge in [0.2, 0.25) is 20.0 Å². The Morgan fingerprint density at radius 1 is 0.781 bits per heavy atom. The lowest BCUT2D eigenvalue weighted by atomic mass is 10.0. The average molecular weight is 471 g/mol. The van der Waals surface area contributed by atoms with Crippen LogP contribution in [0.2, 0.25) is 0 Å². The molecule has 2 heterocycles. The highest BCUT2D eigenvalue weighted by atomic mass is 32.2. The van der Waals surface area contributed by atoms with Crippen LogP contribution in [-0.4, -0.2) is 39.9 Å². The van der Waals surface area contributed by atoms with Gasteiger partial charge in [0, 0.05) is 30.9 Å². The summed E-state index contributed by atoms with van der Waals surface area (Å²) in [5.74, 6) is 0. The molecule has 2 aromatic heterocycles. The minimum Gasteiger partial charge on any atom is -0.346 e. The van der Waals surface area contributed by atoms with Gasteiger partial charge in [-0.25, -0.2) is 31.3 Å². The number of aryl methyl sites for hydroxylation is 1. The third-order valence-electron chi connectivity index (χ3n) is 4.98. The van der Waals surface area contributed by atoms with Gasteiger partial charge in [-0.15, -0.1) is 0 Å². The summed E-state index contributed by atoms with van der Waals surface area (Å²) in [5.41, 5.74) is 3.51. The van der Waals surface area contributed by atoms with Crippen molar-refractivity contribution >= 4 is 31.1 Å². The number of aromatic nitrogens is 2. The number of sulfonamides is 2. The molecule has 0 saturated heterocycles. The predicted molar refractivity (Wildman–Crippen MR) is 123 cm³/mol. The van der Waals surface area contributed by atoms with E-state index in [-0.39, 0.29) is 22.9 Å². The lowest BCUT2D eigenvalue weighted by molar-refractivity contribution is 0.570. The van der Waals surface area contributed by atoms with Gasteiger partial charge < -0.3 is 4.98 Å². The number of rotatable bonds is 8. The highest BCUT2D eigenvalue weighted by Crippen LogP contribution is 2.27. The van der Waals surface area contributed by atoms with E-state index in [4.69, 9.17) is 0 Å². The topological polar surface area (TPSA) is 121 Å². The normalized spacial score (nSPS) is 12.3. The molecule has 0 aliphatic heterocycles. The van der Waals surface area contributed by atoms with Gasteiger partial charge in [0.25, 0.3) is 0 Å². The van der Waals surface area contributed by atoms with E-state index in [1.807, 2.05) is 19.1 Å². The first-order chi connectivity index (χ1) is 15.3. The lowest BCUT2D eigenvalue weighted by Crippen LogP contribution is -2.34. The van der Waals surface area contributed by atoms with Crippen LogP contribution >= 0.6 is 0 Å². The van der Waals surface area contributed by atoms with Crippen LogP contribution in [0.1, 0.15) is 5.56 Å². The van der Waals surface area contributed by atoms with Crippen molar-refractivity contribution in [2.45, 2.75) is 16.7 Å². The molecule has 166 valence electrons. The molecule has 0 saturated carbocycles. The second-order valence-electron chi connectivity index (χ2n) is 7.23. The van der Waals surface area contributed by atoms with Crippen molar-refractivity contribution in [1.29, 1.82) is 0 Å². The standard InChI is InChI=1S/C22H22N4O4S2/c1-16-2-6-18(7-3-16)31(27,28)25-14-15-26-32(29,30)19-8-4-17(5-9-19)20-10-12-23-22-21(20)11-13-24-22/h2-13,25-26H,14-15H2,1H3,(H,23,24). The molecule has 8 nitrogen and oxygen atoms in total. The van der Waals surface area contributed by atoms with Crippen LogP contribution in [0, 0.1) is 6.92 Å². The summed E-state index contributed by atoms with van der Waals surface area (Å²) < 4.78 is 54.6. The molecular formula is C22H22N4O4S2. The Kier molecular flexibility index (Phi) is 6.11.